The van der Waals surface area contributed by atoms with Crippen molar-refractivity contribution in [1.82, 2.24) is 9.78 Å². The fourth-order valence-electron chi connectivity index (χ4n) is 1.45. The van der Waals surface area contributed by atoms with Crippen LogP contribution in [0.15, 0.2) is 12.2 Å². The van der Waals surface area contributed by atoms with Crippen LogP contribution in [0.1, 0.15) is 25.2 Å². The molecule has 0 aliphatic heterocycles. The molecular formula is C11H15ClN2O. The van der Waals surface area contributed by atoms with Gasteiger partial charge in [-0.1, -0.05) is 17.7 Å². The van der Waals surface area contributed by atoms with Crippen LogP contribution in [0.2, 0.25) is 5.02 Å². The topological polar surface area (TPSA) is 34.9 Å². The van der Waals surface area contributed by atoms with Crippen molar-refractivity contribution in [2.45, 2.75) is 33.7 Å². The molecule has 0 saturated carbocycles. The van der Waals surface area contributed by atoms with Crippen LogP contribution in [-0.4, -0.2) is 15.6 Å². The standard InChI is InChI=1S/C11H15ClN2O/c1-4-6-9(15)7-10-11(12)8(3)13-14(10)5-2/h4,6H,5,7H2,1-3H3/b6-4+. The van der Waals surface area contributed by atoms with Crippen LogP contribution in [0.4, 0.5) is 0 Å². The maximum Gasteiger partial charge on any atom is 0.161 e. The van der Waals surface area contributed by atoms with Gasteiger partial charge in [0.05, 0.1) is 22.8 Å². The molecule has 0 bridgehead atoms. The quantitative estimate of drug-likeness (QED) is 0.740. The SMILES string of the molecule is C/C=C/C(=O)Cc1c(Cl)c(C)nn1CC. The van der Waals surface area contributed by atoms with Crippen molar-refractivity contribution in [1.29, 1.82) is 0 Å². The second kappa shape index (κ2) is 5.12. The average Bonchev–Trinajstić information content (AvgIpc) is 2.46. The van der Waals surface area contributed by atoms with E-state index < -0.39 is 0 Å². The molecule has 4 heteroatoms. The van der Waals surface area contributed by atoms with Gasteiger partial charge in [0.15, 0.2) is 5.78 Å². The lowest BCUT2D eigenvalue weighted by Crippen LogP contribution is -2.07. The van der Waals surface area contributed by atoms with E-state index in [9.17, 15) is 4.79 Å². The molecule has 1 aromatic heterocycles. The van der Waals surface area contributed by atoms with E-state index in [2.05, 4.69) is 5.10 Å². The van der Waals surface area contributed by atoms with Crippen molar-refractivity contribution in [2.24, 2.45) is 0 Å². The minimum absolute atomic E-state index is 0.0500. The average molecular weight is 227 g/mol. The molecule has 0 aliphatic rings. The highest BCUT2D eigenvalue weighted by Gasteiger charge is 2.14. The number of carbonyl (C=O) groups excluding carboxylic acids is 1. The second-order valence-corrected chi connectivity index (χ2v) is 3.68. The van der Waals surface area contributed by atoms with Crippen LogP contribution >= 0.6 is 11.6 Å². The number of halogens is 1. The number of nitrogens with zero attached hydrogens (tertiary/aromatic N) is 2. The Hall–Kier alpha value is -1.09. The summed E-state index contributed by atoms with van der Waals surface area (Å²) < 4.78 is 1.78. The molecule has 0 fully saturated rings. The zero-order valence-corrected chi connectivity index (χ0v) is 10.0. The largest absolute Gasteiger partial charge is 0.294 e. The highest BCUT2D eigenvalue weighted by Crippen LogP contribution is 2.20. The highest BCUT2D eigenvalue weighted by atomic mass is 35.5. The number of aromatic nitrogens is 2. The predicted octanol–water partition coefficient (Wildman–Crippen LogP) is 2.55. The van der Waals surface area contributed by atoms with Crippen LogP contribution in [0, 0.1) is 6.92 Å². The third-order valence-corrected chi connectivity index (χ3v) is 2.64. The van der Waals surface area contributed by atoms with Crippen LogP contribution in [0.5, 0.6) is 0 Å². The molecular weight excluding hydrogens is 212 g/mol. The minimum Gasteiger partial charge on any atom is -0.294 e. The van der Waals surface area contributed by atoms with Gasteiger partial charge in [-0.05, 0) is 26.8 Å². The Morgan fingerprint density at radius 3 is 2.80 bits per heavy atom. The van der Waals surface area contributed by atoms with Gasteiger partial charge in [0.25, 0.3) is 0 Å². The summed E-state index contributed by atoms with van der Waals surface area (Å²) in [6.45, 7) is 6.37. The number of hydrogen-bond donors (Lipinski definition) is 0. The van der Waals surface area contributed by atoms with E-state index in [0.717, 1.165) is 17.9 Å². The number of allylic oxidation sites excluding steroid dienone is 2. The van der Waals surface area contributed by atoms with Crippen molar-refractivity contribution in [3.63, 3.8) is 0 Å². The third kappa shape index (κ3) is 2.69. The maximum absolute atomic E-state index is 11.5. The van der Waals surface area contributed by atoms with Gasteiger partial charge in [-0.15, -0.1) is 0 Å². The fraction of sp³-hybridized carbons (Fsp3) is 0.455. The van der Waals surface area contributed by atoms with Crippen molar-refractivity contribution in [2.75, 3.05) is 0 Å². The van der Waals surface area contributed by atoms with Gasteiger partial charge in [0, 0.05) is 6.54 Å². The summed E-state index contributed by atoms with van der Waals surface area (Å²) in [5, 5.41) is 4.86. The smallest absolute Gasteiger partial charge is 0.161 e. The predicted molar refractivity (Wildman–Crippen MR) is 61.2 cm³/mol. The summed E-state index contributed by atoms with van der Waals surface area (Å²) in [5.74, 6) is 0.0500. The first-order chi connectivity index (χ1) is 7.10. The van der Waals surface area contributed by atoms with Gasteiger partial charge < -0.3 is 0 Å². The van der Waals surface area contributed by atoms with Crippen LogP contribution in [-0.2, 0) is 17.8 Å². The highest BCUT2D eigenvalue weighted by molar-refractivity contribution is 6.32. The van der Waals surface area contributed by atoms with E-state index in [1.54, 1.807) is 16.8 Å². The number of hydrogen-bond acceptors (Lipinski definition) is 2. The Labute approximate surface area is 94.7 Å². The van der Waals surface area contributed by atoms with Gasteiger partial charge in [0.1, 0.15) is 0 Å². The van der Waals surface area contributed by atoms with Gasteiger partial charge >= 0.3 is 0 Å². The Bertz CT molecular complexity index is 394. The van der Waals surface area contributed by atoms with E-state index in [-0.39, 0.29) is 5.78 Å². The molecule has 3 nitrogen and oxygen atoms in total. The van der Waals surface area contributed by atoms with Crippen LogP contribution in [0.3, 0.4) is 0 Å². The molecule has 15 heavy (non-hydrogen) atoms. The first-order valence-electron chi connectivity index (χ1n) is 4.97. The Kier molecular flexibility index (Phi) is 4.09. The molecule has 82 valence electrons. The summed E-state index contributed by atoms with van der Waals surface area (Å²) in [6, 6.07) is 0. The summed E-state index contributed by atoms with van der Waals surface area (Å²) in [4.78, 5) is 11.5. The third-order valence-electron chi connectivity index (χ3n) is 2.15. The monoisotopic (exact) mass is 226 g/mol. The molecule has 1 heterocycles. The molecule has 0 unspecified atom stereocenters. The number of rotatable bonds is 4. The lowest BCUT2D eigenvalue weighted by molar-refractivity contribution is -0.114. The van der Waals surface area contributed by atoms with Gasteiger partial charge in [-0.2, -0.15) is 5.10 Å². The van der Waals surface area contributed by atoms with Crippen molar-refractivity contribution < 1.29 is 4.79 Å². The van der Waals surface area contributed by atoms with E-state index in [1.165, 1.54) is 0 Å². The Morgan fingerprint density at radius 2 is 2.27 bits per heavy atom. The zero-order valence-electron chi connectivity index (χ0n) is 9.25. The Morgan fingerprint density at radius 1 is 1.60 bits per heavy atom. The van der Waals surface area contributed by atoms with Crippen LogP contribution < -0.4 is 0 Å². The van der Waals surface area contributed by atoms with E-state index in [4.69, 9.17) is 11.6 Å². The second-order valence-electron chi connectivity index (χ2n) is 3.30. The zero-order chi connectivity index (χ0) is 11.4. The molecule has 0 spiro atoms. The summed E-state index contributed by atoms with van der Waals surface area (Å²) in [7, 11) is 0. The molecule has 0 aliphatic carbocycles. The Balaban J connectivity index is 2.97. The molecule has 0 N–H and O–H groups in total. The lowest BCUT2D eigenvalue weighted by atomic mass is 10.2. The van der Waals surface area contributed by atoms with Crippen molar-refractivity contribution in [3.05, 3.63) is 28.6 Å². The normalized spacial score (nSPS) is 11.2. The van der Waals surface area contributed by atoms with Gasteiger partial charge in [-0.25, -0.2) is 0 Å². The summed E-state index contributed by atoms with van der Waals surface area (Å²) >= 11 is 6.08. The van der Waals surface area contributed by atoms with Crippen LogP contribution in [0.25, 0.3) is 0 Å². The minimum atomic E-state index is 0.0500. The molecule has 0 radical (unpaired) electrons. The first-order valence-corrected chi connectivity index (χ1v) is 5.35. The van der Waals surface area contributed by atoms with E-state index in [0.29, 0.717) is 11.4 Å². The number of ketones is 1. The maximum atomic E-state index is 11.5. The van der Waals surface area contributed by atoms with Crippen molar-refractivity contribution >= 4 is 17.4 Å². The van der Waals surface area contributed by atoms with Gasteiger partial charge in [-0.3, -0.25) is 9.48 Å². The molecule has 0 atom stereocenters. The van der Waals surface area contributed by atoms with E-state index >= 15 is 0 Å². The fourth-order valence-corrected chi connectivity index (χ4v) is 1.65. The number of aryl methyl sites for hydroxylation is 2. The summed E-state index contributed by atoms with van der Waals surface area (Å²) in [5.41, 5.74) is 1.58. The van der Waals surface area contributed by atoms with Gasteiger partial charge in [0.2, 0.25) is 0 Å². The van der Waals surface area contributed by atoms with E-state index in [1.807, 2.05) is 20.8 Å². The summed E-state index contributed by atoms with van der Waals surface area (Å²) in [6.07, 6.45) is 3.60. The molecule has 1 rings (SSSR count). The molecule has 0 saturated heterocycles. The molecule has 1 aromatic rings. The molecule has 0 aromatic carbocycles. The number of carbonyl (C=O) groups is 1. The first kappa shape index (κ1) is 12.0. The lowest BCUT2D eigenvalue weighted by Gasteiger charge is -2.02. The molecule has 0 amide bonds. The van der Waals surface area contributed by atoms with Crippen molar-refractivity contribution in [3.8, 4) is 0 Å².